The maximum absolute atomic E-state index is 14.1. The third kappa shape index (κ3) is 4.04. The number of fused-ring (bicyclic) bond motifs is 4. The number of rotatable bonds is 5. The van der Waals surface area contributed by atoms with Crippen LogP contribution < -0.4 is 15.8 Å². The number of aromatic nitrogens is 3. The van der Waals surface area contributed by atoms with Gasteiger partial charge in [-0.2, -0.15) is 4.98 Å². The number of nitrogens with zero attached hydrogens (tertiary/aromatic N) is 5. The second-order valence-corrected chi connectivity index (χ2v) is 11.4. The van der Waals surface area contributed by atoms with Crippen LogP contribution in [0.2, 0.25) is 0 Å². The molecule has 0 unspecified atom stereocenters. The van der Waals surface area contributed by atoms with E-state index in [2.05, 4.69) is 38.3 Å². The van der Waals surface area contributed by atoms with Gasteiger partial charge in [-0.05, 0) is 81.3 Å². The number of aliphatic hydroxyl groups excluding tert-OH is 1. The van der Waals surface area contributed by atoms with Gasteiger partial charge < -0.3 is 15.3 Å². The molecule has 2 aromatic heterocycles. The summed E-state index contributed by atoms with van der Waals surface area (Å²) < 4.78 is 1.92. The topological polar surface area (TPSA) is 86.5 Å². The third-order valence-corrected chi connectivity index (χ3v) is 8.97. The Labute approximate surface area is 211 Å². The average molecular weight is 489 g/mol. The van der Waals surface area contributed by atoms with Gasteiger partial charge >= 0.3 is 0 Å². The van der Waals surface area contributed by atoms with E-state index in [0.717, 1.165) is 79.4 Å². The fourth-order valence-corrected chi connectivity index (χ4v) is 6.64. The number of nitrogens with one attached hydrogen (secondary N) is 1. The van der Waals surface area contributed by atoms with Crippen LogP contribution in [0.5, 0.6) is 0 Å². The summed E-state index contributed by atoms with van der Waals surface area (Å²) in [5.41, 5.74) is 1.89. The van der Waals surface area contributed by atoms with E-state index in [1.54, 1.807) is 0 Å². The first kappa shape index (κ1) is 22.5. The van der Waals surface area contributed by atoms with Crippen LogP contribution >= 0.6 is 0 Å². The van der Waals surface area contributed by atoms with Crippen molar-refractivity contribution in [3.63, 3.8) is 0 Å². The molecule has 4 heterocycles. The van der Waals surface area contributed by atoms with E-state index in [1.807, 2.05) is 10.8 Å². The van der Waals surface area contributed by atoms with Gasteiger partial charge in [0.2, 0.25) is 5.95 Å². The quantitative estimate of drug-likeness (QED) is 0.532. The van der Waals surface area contributed by atoms with Crippen molar-refractivity contribution < 1.29 is 5.11 Å². The largest absolute Gasteiger partial charge is 0.393 e. The highest BCUT2D eigenvalue weighted by Gasteiger charge is 2.31. The summed E-state index contributed by atoms with van der Waals surface area (Å²) in [6.07, 6.45) is 9.74. The van der Waals surface area contributed by atoms with E-state index in [1.165, 1.54) is 32.2 Å². The highest BCUT2D eigenvalue weighted by atomic mass is 16.3. The van der Waals surface area contributed by atoms with E-state index >= 15 is 0 Å². The molecule has 0 spiro atoms. The number of pyridine rings is 1. The Bertz CT molecular complexity index is 1340. The molecular formula is C28H36N6O2. The number of hydrogen-bond donors (Lipinski definition) is 2. The zero-order chi connectivity index (χ0) is 24.2. The van der Waals surface area contributed by atoms with Gasteiger partial charge in [-0.1, -0.05) is 6.07 Å². The summed E-state index contributed by atoms with van der Waals surface area (Å²) in [7, 11) is 0. The van der Waals surface area contributed by atoms with Gasteiger partial charge in [0.1, 0.15) is 5.65 Å². The maximum atomic E-state index is 14.1. The van der Waals surface area contributed by atoms with Gasteiger partial charge in [-0.25, -0.2) is 4.98 Å². The zero-order valence-electron chi connectivity index (χ0n) is 20.9. The molecule has 7 rings (SSSR count). The van der Waals surface area contributed by atoms with Crippen LogP contribution in [0.15, 0.2) is 29.2 Å². The molecule has 36 heavy (non-hydrogen) atoms. The van der Waals surface area contributed by atoms with Crippen molar-refractivity contribution >= 4 is 33.4 Å². The minimum Gasteiger partial charge on any atom is -0.393 e. The predicted octanol–water partition coefficient (Wildman–Crippen LogP) is 3.53. The first-order chi connectivity index (χ1) is 17.6. The third-order valence-electron chi connectivity index (χ3n) is 8.97. The predicted molar refractivity (Wildman–Crippen MR) is 143 cm³/mol. The minimum atomic E-state index is -0.269. The maximum Gasteiger partial charge on any atom is 0.260 e. The molecule has 0 amide bonds. The number of benzene rings is 1. The van der Waals surface area contributed by atoms with E-state index in [9.17, 15) is 9.90 Å². The summed E-state index contributed by atoms with van der Waals surface area (Å²) >= 11 is 0. The fourth-order valence-electron chi connectivity index (χ4n) is 6.64. The lowest BCUT2D eigenvalue weighted by Gasteiger charge is -2.39. The van der Waals surface area contributed by atoms with Crippen molar-refractivity contribution in [2.45, 2.75) is 69.6 Å². The van der Waals surface area contributed by atoms with Gasteiger partial charge in [0, 0.05) is 55.5 Å². The van der Waals surface area contributed by atoms with Crippen LogP contribution in [0, 0.1) is 5.92 Å². The molecule has 0 bridgehead atoms. The second kappa shape index (κ2) is 8.99. The van der Waals surface area contributed by atoms with Gasteiger partial charge in [-0.3, -0.25) is 14.3 Å². The fraction of sp³-hybridized carbons (Fsp3) is 0.607. The van der Waals surface area contributed by atoms with Crippen LogP contribution in [0.1, 0.15) is 57.4 Å². The molecule has 8 nitrogen and oxygen atoms in total. The van der Waals surface area contributed by atoms with Gasteiger partial charge in [0.25, 0.3) is 5.56 Å². The van der Waals surface area contributed by atoms with Crippen LogP contribution in [-0.4, -0.2) is 69.4 Å². The molecule has 4 fully saturated rings. The Kier molecular flexibility index (Phi) is 5.62. The normalized spacial score (nSPS) is 27.0. The molecule has 4 aliphatic rings. The summed E-state index contributed by atoms with van der Waals surface area (Å²) in [6, 6.07) is 7.06. The van der Waals surface area contributed by atoms with Crippen molar-refractivity contribution in [2.24, 2.45) is 5.92 Å². The smallest absolute Gasteiger partial charge is 0.260 e. The molecule has 3 aromatic rings. The van der Waals surface area contributed by atoms with Crippen LogP contribution in [0.3, 0.4) is 0 Å². The summed E-state index contributed by atoms with van der Waals surface area (Å²) in [5.74, 6) is 1.32. The number of piperazine rings is 1. The SMILES string of the molecule is O=c1c2cc(N3CCN4CCC[C@@H]4C3)ccc2c2cnc(NCC3CC3)nc2n1C1CCC(O)CC1. The highest BCUT2D eigenvalue weighted by molar-refractivity contribution is 6.05. The number of anilines is 2. The van der Waals surface area contributed by atoms with Crippen molar-refractivity contribution in [2.75, 3.05) is 42.9 Å². The number of hydrogen-bond acceptors (Lipinski definition) is 7. The lowest BCUT2D eigenvalue weighted by molar-refractivity contribution is 0.111. The van der Waals surface area contributed by atoms with Crippen LogP contribution in [0.4, 0.5) is 11.6 Å². The van der Waals surface area contributed by atoms with E-state index in [-0.39, 0.29) is 17.7 Å². The molecule has 2 saturated heterocycles. The standard InChI is InChI=1S/C28H36N6O2/c35-22-8-5-19(6-9-22)34-26-25(16-30-28(31-26)29-15-18-3-4-18)23-10-7-20(14-24(23)27(34)36)33-13-12-32-11-1-2-21(32)17-33/h7,10,14,16,18-19,21-22,35H,1-6,8-9,11-13,15,17H2,(H,29,30,31)/t19?,21-,22?/m1/s1. The first-order valence-corrected chi connectivity index (χ1v) is 13.9. The Morgan fingerprint density at radius 2 is 1.81 bits per heavy atom. The van der Waals surface area contributed by atoms with Gasteiger partial charge in [0.15, 0.2) is 0 Å². The summed E-state index contributed by atoms with van der Waals surface area (Å²) in [6.45, 7) is 5.24. The molecule has 0 radical (unpaired) electrons. The molecular weight excluding hydrogens is 452 g/mol. The lowest BCUT2D eigenvalue weighted by Crippen LogP contribution is -2.50. The van der Waals surface area contributed by atoms with E-state index in [4.69, 9.17) is 4.98 Å². The molecule has 2 saturated carbocycles. The second-order valence-electron chi connectivity index (χ2n) is 11.4. The molecule has 1 atom stereocenters. The Hall–Kier alpha value is -2.71. The Balaban J connectivity index is 1.32. The highest BCUT2D eigenvalue weighted by Crippen LogP contribution is 2.34. The summed E-state index contributed by atoms with van der Waals surface area (Å²) in [4.78, 5) is 28.7. The molecule has 2 N–H and O–H groups in total. The van der Waals surface area contributed by atoms with Crippen LogP contribution in [0.25, 0.3) is 21.8 Å². The monoisotopic (exact) mass is 488 g/mol. The van der Waals surface area contributed by atoms with E-state index in [0.29, 0.717) is 17.9 Å². The number of aliphatic hydroxyl groups is 1. The molecule has 1 aromatic carbocycles. The lowest BCUT2D eigenvalue weighted by atomic mass is 9.92. The Morgan fingerprint density at radius 3 is 2.64 bits per heavy atom. The molecule has 8 heteroatoms. The van der Waals surface area contributed by atoms with E-state index < -0.39 is 0 Å². The minimum absolute atomic E-state index is 0.0343. The van der Waals surface area contributed by atoms with Crippen molar-refractivity contribution in [3.8, 4) is 0 Å². The molecule has 2 aliphatic carbocycles. The van der Waals surface area contributed by atoms with Crippen molar-refractivity contribution in [3.05, 3.63) is 34.7 Å². The van der Waals surface area contributed by atoms with Crippen LogP contribution in [-0.2, 0) is 0 Å². The summed E-state index contributed by atoms with van der Waals surface area (Å²) in [5, 5.41) is 16.1. The van der Waals surface area contributed by atoms with Gasteiger partial charge in [-0.15, -0.1) is 0 Å². The molecule has 2 aliphatic heterocycles. The van der Waals surface area contributed by atoms with Crippen molar-refractivity contribution in [1.82, 2.24) is 19.4 Å². The van der Waals surface area contributed by atoms with Crippen molar-refractivity contribution in [1.29, 1.82) is 0 Å². The average Bonchev–Trinajstić information content (AvgIpc) is 3.62. The Morgan fingerprint density at radius 1 is 0.944 bits per heavy atom. The van der Waals surface area contributed by atoms with Gasteiger partial charge in [0.05, 0.1) is 11.5 Å². The first-order valence-electron chi connectivity index (χ1n) is 13.9. The zero-order valence-corrected chi connectivity index (χ0v) is 20.9. The molecule has 190 valence electrons.